The molecule has 3 rings (SSSR count). The summed E-state index contributed by atoms with van der Waals surface area (Å²) >= 11 is 0. The first kappa shape index (κ1) is 17.7. The van der Waals surface area contributed by atoms with Gasteiger partial charge in [-0.3, -0.25) is 0 Å². The lowest BCUT2D eigenvalue weighted by molar-refractivity contribution is 0.0450. The maximum atomic E-state index is 12.8. The number of aryl methyl sites for hydroxylation is 2. The molecule has 0 fully saturated rings. The highest BCUT2D eigenvalue weighted by atomic mass is 19.1. The number of benzene rings is 2. The highest BCUT2D eigenvalue weighted by molar-refractivity contribution is 5.89. The van der Waals surface area contributed by atoms with E-state index >= 15 is 0 Å². The minimum absolute atomic E-state index is 0.119. The Labute approximate surface area is 151 Å². The van der Waals surface area contributed by atoms with Crippen molar-refractivity contribution in [2.75, 3.05) is 13.2 Å². The average molecular weight is 353 g/mol. The quantitative estimate of drug-likeness (QED) is 0.485. The van der Waals surface area contributed by atoms with Crippen LogP contribution in [-0.2, 0) is 4.74 Å². The van der Waals surface area contributed by atoms with E-state index in [1.165, 1.54) is 24.3 Å². The van der Waals surface area contributed by atoms with E-state index in [9.17, 15) is 9.18 Å². The first-order valence-electron chi connectivity index (χ1n) is 8.35. The molecule has 0 unspecified atom stereocenters. The Morgan fingerprint density at radius 2 is 1.50 bits per heavy atom. The highest BCUT2D eigenvalue weighted by Crippen LogP contribution is 2.17. The van der Waals surface area contributed by atoms with Crippen LogP contribution >= 0.6 is 0 Å². The van der Waals surface area contributed by atoms with Crippen LogP contribution in [0.5, 0.6) is 5.75 Å². The Balaban J connectivity index is 1.53. The molecule has 0 saturated heterocycles. The average Bonchev–Trinajstić information content (AvgIpc) is 2.98. The molecular weight excluding hydrogens is 333 g/mol. The molecular formula is C21H20FNO3. The van der Waals surface area contributed by atoms with E-state index < -0.39 is 5.97 Å². The third-order valence-corrected chi connectivity index (χ3v) is 4.03. The molecule has 0 saturated carbocycles. The number of aromatic nitrogens is 1. The Bertz CT molecular complexity index is 863. The third-order valence-electron chi connectivity index (χ3n) is 4.03. The molecule has 0 atom stereocenters. The van der Waals surface area contributed by atoms with Crippen LogP contribution in [0, 0.1) is 19.7 Å². The van der Waals surface area contributed by atoms with Crippen LogP contribution in [-0.4, -0.2) is 23.8 Å². The zero-order valence-corrected chi connectivity index (χ0v) is 14.7. The van der Waals surface area contributed by atoms with E-state index in [4.69, 9.17) is 9.47 Å². The molecule has 0 aliphatic rings. The molecule has 1 aromatic heterocycles. The Morgan fingerprint density at radius 1 is 0.885 bits per heavy atom. The maximum Gasteiger partial charge on any atom is 0.338 e. The summed E-state index contributed by atoms with van der Waals surface area (Å²) in [4.78, 5) is 12.1. The fourth-order valence-electron chi connectivity index (χ4n) is 2.73. The predicted octanol–water partition coefficient (Wildman–Crippen LogP) is 4.47. The summed E-state index contributed by atoms with van der Waals surface area (Å²) in [5, 5.41) is 0. The number of rotatable bonds is 6. The van der Waals surface area contributed by atoms with Crippen molar-refractivity contribution in [2.24, 2.45) is 0 Å². The molecule has 5 heteroatoms. The topological polar surface area (TPSA) is 40.5 Å². The van der Waals surface area contributed by atoms with Crippen LogP contribution in [0.25, 0.3) is 5.69 Å². The third kappa shape index (κ3) is 4.11. The van der Waals surface area contributed by atoms with Crippen molar-refractivity contribution in [1.82, 2.24) is 4.57 Å². The van der Waals surface area contributed by atoms with Crippen LogP contribution in [0.4, 0.5) is 4.39 Å². The highest BCUT2D eigenvalue weighted by Gasteiger charge is 2.09. The van der Waals surface area contributed by atoms with Gasteiger partial charge in [-0.05, 0) is 74.5 Å². The molecule has 0 amide bonds. The van der Waals surface area contributed by atoms with Gasteiger partial charge in [0.15, 0.2) is 0 Å². The summed E-state index contributed by atoms with van der Waals surface area (Å²) in [5.74, 6) is -0.193. The first-order chi connectivity index (χ1) is 12.5. The number of hydrogen-bond acceptors (Lipinski definition) is 3. The predicted molar refractivity (Wildman–Crippen MR) is 97.4 cm³/mol. The van der Waals surface area contributed by atoms with Gasteiger partial charge in [-0.1, -0.05) is 0 Å². The lowest BCUT2D eigenvalue weighted by Gasteiger charge is -2.10. The molecule has 0 bridgehead atoms. The normalized spacial score (nSPS) is 10.6. The standard InChI is InChI=1S/C21H20FNO3/c1-15-3-4-16(2)23(15)19-9-5-17(6-10-19)21(24)26-14-13-25-20-11-7-18(22)8-12-20/h3-12H,13-14H2,1-2H3. The molecule has 1 heterocycles. The fraction of sp³-hybridized carbons (Fsp3) is 0.190. The number of esters is 1. The molecule has 134 valence electrons. The molecule has 0 radical (unpaired) electrons. The Kier molecular flexibility index (Phi) is 5.37. The number of hydrogen-bond donors (Lipinski definition) is 0. The summed E-state index contributed by atoms with van der Waals surface area (Å²) in [6, 6.07) is 17.1. The summed E-state index contributed by atoms with van der Waals surface area (Å²) in [6.45, 7) is 4.40. The molecule has 4 nitrogen and oxygen atoms in total. The van der Waals surface area contributed by atoms with Crippen molar-refractivity contribution < 1.29 is 18.7 Å². The minimum Gasteiger partial charge on any atom is -0.490 e. The van der Waals surface area contributed by atoms with E-state index in [-0.39, 0.29) is 19.0 Å². The van der Waals surface area contributed by atoms with Crippen molar-refractivity contribution >= 4 is 5.97 Å². The molecule has 0 N–H and O–H groups in total. The second-order valence-electron chi connectivity index (χ2n) is 5.94. The van der Waals surface area contributed by atoms with Crippen molar-refractivity contribution in [3.63, 3.8) is 0 Å². The zero-order valence-electron chi connectivity index (χ0n) is 14.7. The lowest BCUT2D eigenvalue weighted by Crippen LogP contribution is -2.12. The second kappa shape index (κ2) is 7.87. The molecule has 3 aromatic rings. The zero-order chi connectivity index (χ0) is 18.5. The largest absolute Gasteiger partial charge is 0.490 e. The van der Waals surface area contributed by atoms with Crippen LogP contribution in [0.2, 0.25) is 0 Å². The SMILES string of the molecule is Cc1ccc(C)n1-c1ccc(C(=O)OCCOc2ccc(F)cc2)cc1. The minimum atomic E-state index is -0.403. The van der Waals surface area contributed by atoms with Crippen molar-refractivity contribution in [3.8, 4) is 11.4 Å². The molecule has 26 heavy (non-hydrogen) atoms. The van der Waals surface area contributed by atoms with Crippen molar-refractivity contribution in [2.45, 2.75) is 13.8 Å². The van der Waals surface area contributed by atoms with E-state index in [1.54, 1.807) is 12.1 Å². The molecule has 0 aliphatic carbocycles. The van der Waals surface area contributed by atoms with Gasteiger partial charge < -0.3 is 14.0 Å². The molecule has 2 aromatic carbocycles. The number of halogens is 1. The summed E-state index contributed by atoms with van der Waals surface area (Å²) in [7, 11) is 0. The van der Waals surface area contributed by atoms with Crippen LogP contribution in [0.1, 0.15) is 21.7 Å². The second-order valence-corrected chi connectivity index (χ2v) is 5.94. The molecule has 0 aliphatic heterocycles. The van der Waals surface area contributed by atoms with Crippen LogP contribution in [0.3, 0.4) is 0 Å². The summed E-state index contributed by atoms with van der Waals surface area (Å²) in [6.07, 6.45) is 0. The van der Waals surface area contributed by atoms with Gasteiger partial charge in [0, 0.05) is 17.1 Å². The number of carbonyl (C=O) groups excluding carboxylic acids is 1. The number of nitrogens with zero attached hydrogens (tertiary/aromatic N) is 1. The number of carbonyl (C=O) groups is 1. The van der Waals surface area contributed by atoms with Crippen LogP contribution < -0.4 is 4.74 Å². The smallest absolute Gasteiger partial charge is 0.338 e. The van der Waals surface area contributed by atoms with Crippen molar-refractivity contribution in [1.29, 1.82) is 0 Å². The Morgan fingerprint density at radius 3 is 2.12 bits per heavy atom. The number of ether oxygens (including phenoxy) is 2. The first-order valence-corrected chi connectivity index (χ1v) is 8.35. The van der Waals surface area contributed by atoms with Gasteiger partial charge in [-0.2, -0.15) is 0 Å². The van der Waals surface area contributed by atoms with E-state index in [2.05, 4.69) is 16.7 Å². The fourth-order valence-corrected chi connectivity index (χ4v) is 2.73. The maximum absolute atomic E-state index is 12.8. The van der Waals surface area contributed by atoms with Gasteiger partial charge in [0.05, 0.1) is 5.56 Å². The molecule has 0 spiro atoms. The van der Waals surface area contributed by atoms with E-state index in [0.717, 1.165) is 17.1 Å². The van der Waals surface area contributed by atoms with Crippen LogP contribution in [0.15, 0.2) is 60.7 Å². The van der Waals surface area contributed by atoms with Gasteiger partial charge in [0.2, 0.25) is 0 Å². The summed E-state index contributed by atoms with van der Waals surface area (Å²) in [5.41, 5.74) is 3.76. The Hall–Kier alpha value is -3.08. The van der Waals surface area contributed by atoms with Gasteiger partial charge >= 0.3 is 5.97 Å². The van der Waals surface area contributed by atoms with Gasteiger partial charge in [0.25, 0.3) is 0 Å². The monoisotopic (exact) mass is 353 g/mol. The lowest BCUT2D eigenvalue weighted by atomic mass is 10.2. The van der Waals surface area contributed by atoms with Gasteiger partial charge in [-0.25, -0.2) is 9.18 Å². The van der Waals surface area contributed by atoms with Gasteiger partial charge in [0.1, 0.15) is 24.8 Å². The van der Waals surface area contributed by atoms with E-state index in [1.807, 2.05) is 26.0 Å². The van der Waals surface area contributed by atoms with Gasteiger partial charge in [-0.15, -0.1) is 0 Å². The van der Waals surface area contributed by atoms with E-state index in [0.29, 0.717) is 11.3 Å². The van der Waals surface area contributed by atoms with Crippen molar-refractivity contribution in [3.05, 3.63) is 83.4 Å². The summed E-state index contributed by atoms with van der Waals surface area (Å²) < 4.78 is 25.5.